The van der Waals surface area contributed by atoms with E-state index in [-0.39, 0.29) is 31.2 Å². The lowest BCUT2D eigenvalue weighted by Crippen LogP contribution is -2.46. The molecule has 9 heteroatoms. The minimum Gasteiger partial charge on any atom is -0.391 e. The maximum absolute atomic E-state index is 12.7. The summed E-state index contributed by atoms with van der Waals surface area (Å²) in [4.78, 5) is 33.8. The number of benzene rings is 1. The van der Waals surface area contributed by atoms with Gasteiger partial charge >= 0.3 is 0 Å². The van der Waals surface area contributed by atoms with Crippen molar-refractivity contribution in [3.8, 4) is 11.3 Å². The first-order valence-corrected chi connectivity index (χ1v) is 9.74. The first kappa shape index (κ1) is 19.8. The van der Waals surface area contributed by atoms with E-state index in [2.05, 4.69) is 20.4 Å². The Hall–Kier alpha value is -3.46. The van der Waals surface area contributed by atoms with E-state index in [0.29, 0.717) is 18.0 Å². The van der Waals surface area contributed by atoms with Crippen LogP contribution in [0.2, 0.25) is 0 Å². The van der Waals surface area contributed by atoms with Gasteiger partial charge in [-0.2, -0.15) is 0 Å². The van der Waals surface area contributed by atoms with Gasteiger partial charge in [-0.3, -0.25) is 9.59 Å². The number of carbonyl (C=O) groups excluding carboxylic acids is 2. The summed E-state index contributed by atoms with van der Waals surface area (Å²) in [6.45, 7) is 2.23. The maximum Gasteiger partial charge on any atom is 0.243 e. The molecule has 3 heterocycles. The number of nitrogens with one attached hydrogen (secondary N) is 2. The summed E-state index contributed by atoms with van der Waals surface area (Å²) in [5.74, 6) is -0.117. The van der Waals surface area contributed by atoms with Gasteiger partial charge in [0.25, 0.3) is 0 Å². The van der Waals surface area contributed by atoms with Crippen molar-refractivity contribution in [1.29, 1.82) is 0 Å². The molecule has 156 valence electrons. The van der Waals surface area contributed by atoms with E-state index in [0.717, 1.165) is 16.8 Å². The summed E-state index contributed by atoms with van der Waals surface area (Å²) in [5.41, 5.74) is 3.54. The van der Waals surface area contributed by atoms with Crippen LogP contribution in [-0.2, 0) is 22.6 Å². The largest absolute Gasteiger partial charge is 0.391 e. The van der Waals surface area contributed by atoms with Gasteiger partial charge in [-0.15, -0.1) is 0 Å². The molecule has 0 aliphatic carbocycles. The molecule has 0 spiro atoms. The predicted octanol–water partition coefficient (Wildman–Crippen LogP) is 1.19. The Kier molecular flexibility index (Phi) is 5.62. The van der Waals surface area contributed by atoms with Crippen LogP contribution in [0.15, 0.2) is 47.4 Å². The molecule has 1 saturated heterocycles. The normalized spacial score (nSPS) is 18.5. The number of β-amino-alcohol motifs (C(OH)–C–C–N with tert-alkyl or cyclic N) is 1. The summed E-state index contributed by atoms with van der Waals surface area (Å²) in [6, 6.07) is 8.73. The van der Waals surface area contributed by atoms with Gasteiger partial charge in [0, 0.05) is 25.6 Å². The van der Waals surface area contributed by atoms with Gasteiger partial charge in [0.05, 0.1) is 36.4 Å². The van der Waals surface area contributed by atoms with Crippen molar-refractivity contribution >= 4 is 11.8 Å². The van der Waals surface area contributed by atoms with Gasteiger partial charge in [-0.05, 0) is 18.1 Å². The van der Waals surface area contributed by atoms with Crippen LogP contribution in [0, 0.1) is 6.92 Å². The number of H-pyrrole nitrogens is 1. The number of aliphatic hydroxyl groups excluding tert-OH is 1. The number of aliphatic hydroxyl groups is 1. The standard InChI is InChI=1S/C21H23N5O4/c1-13-6-17(30-25-13)8-20(28)26-11-16(27)7-19(26)21(29)23-9-14-2-4-15(5-3-14)18-10-22-12-24-18/h2-6,10,12,16,19,27H,7-9,11H2,1H3,(H,22,24)(H,23,29). The molecule has 2 unspecified atom stereocenters. The Morgan fingerprint density at radius 1 is 1.33 bits per heavy atom. The highest BCUT2D eigenvalue weighted by molar-refractivity contribution is 5.89. The summed E-state index contributed by atoms with van der Waals surface area (Å²) in [5, 5.41) is 16.7. The molecule has 3 aromatic rings. The molecule has 2 aromatic heterocycles. The molecule has 0 saturated carbocycles. The van der Waals surface area contributed by atoms with E-state index in [1.165, 1.54) is 4.90 Å². The third-order valence-corrected chi connectivity index (χ3v) is 5.13. The quantitative estimate of drug-likeness (QED) is 0.562. The van der Waals surface area contributed by atoms with Crippen molar-refractivity contribution in [2.24, 2.45) is 0 Å². The average molecular weight is 409 g/mol. The molecule has 1 aromatic carbocycles. The number of carbonyl (C=O) groups is 2. The number of aryl methyl sites for hydroxylation is 1. The smallest absolute Gasteiger partial charge is 0.243 e. The predicted molar refractivity (Wildman–Crippen MR) is 107 cm³/mol. The number of aromatic nitrogens is 3. The minimum absolute atomic E-state index is 0.00635. The molecule has 1 fully saturated rings. The number of imidazole rings is 1. The maximum atomic E-state index is 12.7. The highest BCUT2D eigenvalue weighted by Gasteiger charge is 2.38. The first-order chi connectivity index (χ1) is 14.5. The van der Waals surface area contributed by atoms with Crippen LogP contribution < -0.4 is 5.32 Å². The second-order valence-electron chi connectivity index (χ2n) is 7.44. The Morgan fingerprint density at radius 3 is 2.80 bits per heavy atom. The minimum atomic E-state index is -0.727. The summed E-state index contributed by atoms with van der Waals surface area (Å²) >= 11 is 0. The van der Waals surface area contributed by atoms with E-state index in [4.69, 9.17) is 4.52 Å². The van der Waals surface area contributed by atoms with Crippen molar-refractivity contribution in [3.05, 3.63) is 59.9 Å². The fourth-order valence-corrected chi connectivity index (χ4v) is 3.61. The van der Waals surface area contributed by atoms with Crippen LogP contribution in [0.25, 0.3) is 11.3 Å². The number of hydrogen-bond acceptors (Lipinski definition) is 6. The van der Waals surface area contributed by atoms with Crippen LogP contribution >= 0.6 is 0 Å². The molecule has 30 heavy (non-hydrogen) atoms. The van der Waals surface area contributed by atoms with Gasteiger partial charge in [0.1, 0.15) is 11.8 Å². The average Bonchev–Trinajstić information content (AvgIpc) is 3.48. The molecular weight excluding hydrogens is 386 g/mol. The SMILES string of the molecule is Cc1cc(CC(=O)N2CC(O)CC2C(=O)NCc2ccc(-c3cnc[nH]3)cc2)on1. The first-order valence-electron chi connectivity index (χ1n) is 9.74. The Balaban J connectivity index is 1.36. The van der Waals surface area contributed by atoms with E-state index < -0.39 is 12.1 Å². The second-order valence-corrected chi connectivity index (χ2v) is 7.44. The van der Waals surface area contributed by atoms with Crippen molar-refractivity contribution in [2.75, 3.05) is 6.54 Å². The van der Waals surface area contributed by atoms with Crippen LogP contribution in [0.3, 0.4) is 0 Å². The number of likely N-dealkylation sites (tertiary alicyclic amines) is 1. The van der Waals surface area contributed by atoms with Crippen molar-refractivity contribution in [2.45, 2.75) is 38.5 Å². The monoisotopic (exact) mass is 409 g/mol. The topological polar surface area (TPSA) is 124 Å². The van der Waals surface area contributed by atoms with E-state index in [9.17, 15) is 14.7 Å². The van der Waals surface area contributed by atoms with Crippen LogP contribution in [0.4, 0.5) is 0 Å². The van der Waals surface area contributed by atoms with E-state index >= 15 is 0 Å². The van der Waals surface area contributed by atoms with Gasteiger partial charge in [-0.1, -0.05) is 29.4 Å². The Bertz CT molecular complexity index is 1010. The van der Waals surface area contributed by atoms with Gasteiger partial charge in [0.2, 0.25) is 11.8 Å². The number of aromatic amines is 1. The van der Waals surface area contributed by atoms with Gasteiger partial charge in [0.15, 0.2) is 0 Å². The summed E-state index contributed by atoms with van der Waals surface area (Å²) in [7, 11) is 0. The molecule has 2 atom stereocenters. The molecule has 2 amide bonds. The highest BCUT2D eigenvalue weighted by Crippen LogP contribution is 2.21. The second kappa shape index (κ2) is 8.50. The molecule has 3 N–H and O–H groups in total. The zero-order valence-corrected chi connectivity index (χ0v) is 16.5. The molecule has 4 rings (SSSR count). The lowest BCUT2D eigenvalue weighted by molar-refractivity contribution is -0.138. The Labute approximate surface area is 173 Å². The van der Waals surface area contributed by atoms with E-state index in [1.54, 1.807) is 25.5 Å². The number of amides is 2. The fraction of sp³-hybridized carbons (Fsp3) is 0.333. The fourth-order valence-electron chi connectivity index (χ4n) is 3.61. The third-order valence-electron chi connectivity index (χ3n) is 5.13. The molecule has 0 bridgehead atoms. The Morgan fingerprint density at radius 2 is 2.13 bits per heavy atom. The van der Waals surface area contributed by atoms with Crippen molar-refractivity contribution in [3.63, 3.8) is 0 Å². The number of nitrogens with zero attached hydrogens (tertiary/aromatic N) is 3. The molecule has 1 aliphatic heterocycles. The summed E-state index contributed by atoms with van der Waals surface area (Å²) < 4.78 is 5.09. The number of hydrogen-bond donors (Lipinski definition) is 3. The van der Waals surface area contributed by atoms with Gasteiger partial charge < -0.3 is 24.8 Å². The molecule has 1 aliphatic rings. The zero-order chi connectivity index (χ0) is 21.1. The van der Waals surface area contributed by atoms with Crippen molar-refractivity contribution < 1.29 is 19.2 Å². The van der Waals surface area contributed by atoms with Crippen LogP contribution in [-0.4, -0.2) is 55.6 Å². The van der Waals surface area contributed by atoms with Crippen LogP contribution in [0.5, 0.6) is 0 Å². The van der Waals surface area contributed by atoms with Crippen molar-refractivity contribution in [1.82, 2.24) is 25.3 Å². The highest BCUT2D eigenvalue weighted by atomic mass is 16.5. The summed E-state index contributed by atoms with van der Waals surface area (Å²) in [6.07, 6.45) is 2.86. The molecular formula is C21H23N5O4. The van der Waals surface area contributed by atoms with Crippen LogP contribution in [0.1, 0.15) is 23.4 Å². The molecule has 9 nitrogen and oxygen atoms in total. The third kappa shape index (κ3) is 4.41. The van der Waals surface area contributed by atoms with E-state index in [1.807, 2.05) is 24.3 Å². The zero-order valence-electron chi connectivity index (χ0n) is 16.5. The van der Waals surface area contributed by atoms with Gasteiger partial charge in [-0.25, -0.2) is 4.98 Å². The molecule has 0 radical (unpaired) electrons. The number of rotatable bonds is 6. The lowest BCUT2D eigenvalue weighted by Gasteiger charge is -2.23. The lowest BCUT2D eigenvalue weighted by atomic mass is 10.1.